The summed E-state index contributed by atoms with van der Waals surface area (Å²) in [6.45, 7) is 0.438. The number of rotatable bonds is 5. The molecule has 0 unspecified atom stereocenters. The standard InChI is InChI=1S/C23H26N4O2S/c1-27(15-21-26-19-9-5-6-10-20(19)30-21)23(29)25-18-13-11-16(12-14-18)22(28)24-17-7-3-2-4-8-17/h5-6,9-14,17H,2-4,7-8,15H2,1H3,(H,24,28)(H,25,29). The van der Waals surface area contributed by atoms with Crippen LogP contribution in [0.1, 0.15) is 47.5 Å². The molecule has 1 aliphatic carbocycles. The molecule has 7 heteroatoms. The van der Waals surface area contributed by atoms with Crippen molar-refractivity contribution in [1.82, 2.24) is 15.2 Å². The number of para-hydroxylation sites is 1. The summed E-state index contributed by atoms with van der Waals surface area (Å²) in [4.78, 5) is 31.1. The van der Waals surface area contributed by atoms with E-state index >= 15 is 0 Å². The monoisotopic (exact) mass is 422 g/mol. The highest BCUT2D eigenvalue weighted by Gasteiger charge is 2.17. The van der Waals surface area contributed by atoms with Gasteiger partial charge < -0.3 is 15.5 Å². The van der Waals surface area contributed by atoms with E-state index in [9.17, 15) is 9.59 Å². The van der Waals surface area contributed by atoms with Crippen molar-refractivity contribution < 1.29 is 9.59 Å². The maximum absolute atomic E-state index is 12.5. The van der Waals surface area contributed by atoms with Crippen LogP contribution in [-0.2, 0) is 6.54 Å². The van der Waals surface area contributed by atoms with Crippen LogP contribution in [0.3, 0.4) is 0 Å². The van der Waals surface area contributed by atoms with Gasteiger partial charge in [0.2, 0.25) is 0 Å². The maximum Gasteiger partial charge on any atom is 0.321 e. The molecular formula is C23H26N4O2S. The molecule has 1 aromatic heterocycles. The summed E-state index contributed by atoms with van der Waals surface area (Å²) < 4.78 is 1.11. The van der Waals surface area contributed by atoms with Gasteiger partial charge in [0.15, 0.2) is 0 Å². The van der Waals surface area contributed by atoms with E-state index in [0.717, 1.165) is 28.1 Å². The topological polar surface area (TPSA) is 74.3 Å². The molecule has 4 rings (SSSR count). The van der Waals surface area contributed by atoms with Gasteiger partial charge in [-0.2, -0.15) is 0 Å². The Labute approximate surface area is 180 Å². The van der Waals surface area contributed by atoms with Crippen LogP contribution in [0.4, 0.5) is 10.5 Å². The highest BCUT2D eigenvalue weighted by molar-refractivity contribution is 7.18. The normalized spacial score (nSPS) is 14.4. The van der Waals surface area contributed by atoms with E-state index in [1.807, 2.05) is 24.3 Å². The van der Waals surface area contributed by atoms with Crippen molar-refractivity contribution >= 4 is 39.2 Å². The Morgan fingerprint density at radius 1 is 1.07 bits per heavy atom. The molecule has 0 radical (unpaired) electrons. The zero-order valence-electron chi connectivity index (χ0n) is 17.1. The summed E-state index contributed by atoms with van der Waals surface area (Å²) >= 11 is 1.59. The van der Waals surface area contributed by atoms with Crippen molar-refractivity contribution in [3.05, 3.63) is 59.1 Å². The second-order valence-corrected chi connectivity index (χ2v) is 8.86. The fraction of sp³-hybridized carbons (Fsp3) is 0.348. The Balaban J connectivity index is 1.31. The van der Waals surface area contributed by atoms with Gasteiger partial charge in [-0.3, -0.25) is 4.79 Å². The fourth-order valence-corrected chi connectivity index (χ4v) is 4.72. The maximum atomic E-state index is 12.5. The Morgan fingerprint density at radius 3 is 2.53 bits per heavy atom. The molecule has 0 aliphatic heterocycles. The lowest BCUT2D eigenvalue weighted by Gasteiger charge is -2.22. The zero-order chi connectivity index (χ0) is 20.9. The van der Waals surface area contributed by atoms with E-state index in [1.54, 1.807) is 47.5 Å². The van der Waals surface area contributed by atoms with Crippen molar-refractivity contribution in [3.8, 4) is 0 Å². The van der Waals surface area contributed by atoms with Crippen molar-refractivity contribution in [2.75, 3.05) is 12.4 Å². The van der Waals surface area contributed by atoms with Crippen LogP contribution in [0, 0.1) is 0 Å². The van der Waals surface area contributed by atoms with E-state index in [2.05, 4.69) is 15.6 Å². The summed E-state index contributed by atoms with van der Waals surface area (Å²) in [5, 5.41) is 6.88. The molecule has 3 aromatic rings. The molecule has 6 nitrogen and oxygen atoms in total. The number of amides is 3. The second kappa shape index (κ2) is 9.26. The Morgan fingerprint density at radius 2 is 1.80 bits per heavy atom. The molecule has 3 amide bonds. The number of thiazole rings is 1. The number of hydrogen-bond acceptors (Lipinski definition) is 4. The molecular weight excluding hydrogens is 396 g/mol. The van der Waals surface area contributed by atoms with Crippen LogP contribution in [0.25, 0.3) is 10.2 Å². The number of aromatic nitrogens is 1. The minimum atomic E-state index is -0.214. The number of carbonyl (C=O) groups is 2. The first-order valence-corrected chi connectivity index (χ1v) is 11.2. The Bertz CT molecular complexity index is 992. The lowest BCUT2D eigenvalue weighted by molar-refractivity contribution is 0.0927. The summed E-state index contributed by atoms with van der Waals surface area (Å²) in [5.41, 5.74) is 2.22. The molecule has 2 N–H and O–H groups in total. The average Bonchev–Trinajstić information content (AvgIpc) is 3.17. The third kappa shape index (κ3) is 4.97. The van der Waals surface area contributed by atoms with Gasteiger partial charge in [0.25, 0.3) is 5.91 Å². The van der Waals surface area contributed by atoms with Crippen LogP contribution in [-0.4, -0.2) is 34.9 Å². The van der Waals surface area contributed by atoms with Gasteiger partial charge in [-0.15, -0.1) is 11.3 Å². The molecule has 0 spiro atoms. The third-order valence-corrected chi connectivity index (χ3v) is 6.42. The van der Waals surface area contributed by atoms with Crippen LogP contribution < -0.4 is 10.6 Å². The van der Waals surface area contributed by atoms with Gasteiger partial charge in [0.05, 0.1) is 16.8 Å². The average molecular weight is 423 g/mol. The third-order valence-electron chi connectivity index (χ3n) is 5.40. The minimum absolute atomic E-state index is 0.0484. The molecule has 30 heavy (non-hydrogen) atoms. The second-order valence-electron chi connectivity index (χ2n) is 7.75. The first-order valence-electron chi connectivity index (χ1n) is 10.4. The van der Waals surface area contributed by atoms with E-state index in [0.29, 0.717) is 17.8 Å². The SMILES string of the molecule is CN(Cc1nc2ccccc2s1)C(=O)Nc1ccc(C(=O)NC2CCCCC2)cc1. The lowest BCUT2D eigenvalue weighted by Crippen LogP contribution is -2.36. The fourth-order valence-electron chi connectivity index (χ4n) is 3.70. The van der Waals surface area contributed by atoms with Gasteiger partial charge in [-0.05, 0) is 49.2 Å². The molecule has 0 saturated heterocycles. The number of anilines is 1. The number of benzene rings is 2. The van der Waals surface area contributed by atoms with Gasteiger partial charge in [0, 0.05) is 24.3 Å². The van der Waals surface area contributed by atoms with Crippen LogP contribution in [0.2, 0.25) is 0 Å². The first kappa shape index (κ1) is 20.3. The van der Waals surface area contributed by atoms with E-state index < -0.39 is 0 Å². The van der Waals surface area contributed by atoms with E-state index in [1.165, 1.54) is 19.3 Å². The molecule has 1 heterocycles. The highest BCUT2D eigenvalue weighted by atomic mass is 32.1. The van der Waals surface area contributed by atoms with Crippen molar-refractivity contribution in [3.63, 3.8) is 0 Å². The van der Waals surface area contributed by atoms with Gasteiger partial charge >= 0.3 is 6.03 Å². The summed E-state index contributed by atoms with van der Waals surface area (Å²) in [6, 6.07) is 15.0. The smallest absolute Gasteiger partial charge is 0.321 e. The minimum Gasteiger partial charge on any atom is -0.349 e. The quantitative estimate of drug-likeness (QED) is 0.606. The predicted molar refractivity (Wildman–Crippen MR) is 121 cm³/mol. The molecule has 1 saturated carbocycles. The number of urea groups is 1. The number of nitrogens with zero attached hydrogens (tertiary/aromatic N) is 2. The lowest BCUT2D eigenvalue weighted by atomic mass is 9.95. The van der Waals surface area contributed by atoms with Gasteiger partial charge in [-0.1, -0.05) is 31.4 Å². The number of nitrogens with one attached hydrogen (secondary N) is 2. The van der Waals surface area contributed by atoms with Crippen LogP contribution in [0.15, 0.2) is 48.5 Å². The summed E-state index contributed by atoms with van der Waals surface area (Å²) in [6.07, 6.45) is 5.73. The van der Waals surface area contributed by atoms with Gasteiger partial charge in [-0.25, -0.2) is 9.78 Å². The number of carbonyl (C=O) groups excluding carboxylic acids is 2. The van der Waals surface area contributed by atoms with E-state index in [4.69, 9.17) is 0 Å². The van der Waals surface area contributed by atoms with Crippen molar-refractivity contribution in [2.24, 2.45) is 0 Å². The first-order chi connectivity index (χ1) is 14.6. The zero-order valence-corrected chi connectivity index (χ0v) is 17.9. The van der Waals surface area contributed by atoms with Gasteiger partial charge in [0.1, 0.15) is 5.01 Å². The predicted octanol–water partition coefficient (Wildman–Crippen LogP) is 5.02. The summed E-state index contributed by atoms with van der Waals surface area (Å²) in [7, 11) is 1.74. The largest absolute Gasteiger partial charge is 0.349 e. The van der Waals surface area contributed by atoms with Crippen LogP contribution in [0.5, 0.6) is 0 Å². The van der Waals surface area contributed by atoms with Crippen molar-refractivity contribution in [1.29, 1.82) is 0 Å². The highest BCUT2D eigenvalue weighted by Crippen LogP contribution is 2.23. The Hall–Kier alpha value is -2.93. The van der Waals surface area contributed by atoms with Crippen molar-refractivity contribution in [2.45, 2.75) is 44.7 Å². The summed E-state index contributed by atoms with van der Waals surface area (Å²) in [5.74, 6) is -0.0484. The molecule has 1 fully saturated rings. The molecule has 2 aromatic carbocycles. The number of hydrogen-bond donors (Lipinski definition) is 2. The molecule has 0 atom stereocenters. The Kier molecular flexibility index (Phi) is 6.28. The number of fused-ring (bicyclic) bond motifs is 1. The van der Waals surface area contributed by atoms with Crippen LogP contribution >= 0.6 is 11.3 Å². The molecule has 0 bridgehead atoms. The molecule has 156 valence electrons. The van der Waals surface area contributed by atoms with E-state index in [-0.39, 0.29) is 18.0 Å². The molecule has 1 aliphatic rings.